The Bertz CT molecular complexity index is 432. The van der Waals surface area contributed by atoms with Crippen molar-refractivity contribution in [3.63, 3.8) is 0 Å². The fraction of sp³-hybridized carbons (Fsp3) is 0.733. The molecule has 0 aromatic rings. The Labute approximate surface area is 119 Å². The predicted molar refractivity (Wildman–Crippen MR) is 74.1 cm³/mol. The minimum Gasteiger partial charge on any atom is -0.461 e. The van der Waals surface area contributed by atoms with Crippen molar-refractivity contribution in [2.75, 3.05) is 7.05 Å². The number of ether oxygens (including phenoxy) is 2. The number of allylic oxidation sites excluding steroid dienone is 1. The highest BCUT2D eigenvalue weighted by Crippen LogP contribution is 2.37. The summed E-state index contributed by atoms with van der Waals surface area (Å²) in [5.74, 6) is -0.486. The van der Waals surface area contributed by atoms with Crippen LogP contribution in [0.25, 0.3) is 0 Å². The van der Waals surface area contributed by atoms with Crippen LogP contribution in [-0.2, 0) is 19.1 Å². The van der Waals surface area contributed by atoms with Crippen LogP contribution in [-0.4, -0.2) is 48.2 Å². The van der Waals surface area contributed by atoms with Crippen molar-refractivity contribution < 1.29 is 19.1 Å². The number of likely N-dealkylation sites (N-methyl/N-ethyl adjacent to an activating group) is 1. The van der Waals surface area contributed by atoms with Crippen molar-refractivity contribution >= 4 is 11.9 Å². The number of piperidine rings is 1. The molecule has 112 valence electrons. The van der Waals surface area contributed by atoms with E-state index in [0.717, 1.165) is 19.3 Å². The maximum absolute atomic E-state index is 11.8. The third kappa shape index (κ3) is 3.03. The topological polar surface area (TPSA) is 55.8 Å². The van der Waals surface area contributed by atoms with Crippen LogP contribution in [0, 0.1) is 0 Å². The van der Waals surface area contributed by atoms with Crippen LogP contribution in [0.1, 0.15) is 40.0 Å². The molecule has 4 atom stereocenters. The molecule has 0 spiro atoms. The van der Waals surface area contributed by atoms with E-state index in [2.05, 4.69) is 4.90 Å². The van der Waals surface area contributed by atoms with Crippen molar-refractivity contribution in [2.24, 2.45) is 0 Å². The van der Waals surface area contributed by atoms with E-state index in [1.165, 1.54) is 6.92 Å². The fourth-order valence-electron chi connectivity index (χ4n) is 3.17. The summed E-state index contributed by atoms with van der Waals surface area (Å²) in [6.07, 6.45) is 3.98. The van der Waals surface area contributed by atoms with E-state index >= 15 is 0 Å². The van der Waals surface area contributed by atoms with Gasteiger partial charge in [0.05, 0.1) is 6.04 Å². The second-order valence-corrected chi connectivity index (χ2v) is 5.74. The van der Waals surface area contributed by atoms with E-state index < -0.39 is 0 Å². The molecule has 0 unspecified atom stereocenters. The van der Waals surface area contributed by atoms with Gasteiger partial charge in [0.1, 0.15) is 12.2 Å². The van der Waals surface area contributed by atoms with Gasteiger partial charge in [0.2, 0.25) is 0 Å². The molecule has 2 aliphatic heterocycles. The number of hydrogen-bond acceptors (Lipinski definition) is 5. The van der Waals surface area contributed by atoms with E-state index in [1.807, 2.05) is 14.0 Å². The number of nitrogens with zero attached hydrogens (tertiary/aromatic N) is 1. The van der Waals surface area contributed by atoms with Gasteiger partial charge >= 0.3 is 11.9 Å². The van der Waals surface area contributed by atoms with Crippen LogP contribution in [0.15, 0.2) is 11.6 Å². The van der Waals surface area contributed by atoms with E-state index in [-0.39, 0.29) is 30.2 Å². The minimum atomic E-state index is -0.245. The second kappa shape index (κ2) is 5.95. The Morgan fingerprint density at radius 1 is 1.15 bits per heavy atom. The lowest BCUT2D eigenvalue weighted by atomic mass is 10.00. The van der Waals surface area contributed by atoms with Gasteiger partial charge in [-0.25, -0.2) is 4.79 Å². The first kappa shape index (κ1) is 15.0. The molecular formula is C15H23NO4. The summed E-state index contributed by atoms with van der Waals surface area (Å²) in [5, 5.41) is 0. The smallest absolute Gasteiger partial charge is 0.333 e. The molecule has 0 aromatic carbocycles. The third-order valence-corrected chi connectivity index (χ3v) is 4.42. The molecule has 2 bridgehead atoms. The minimum absolute atomic E-state index is 0.0750. The van der Waals surface area contributed by atoms with Crippen molar-refractivity contribution in [1.29, 1.82) is 0 Å². The molecule has 5 heteroatoms. The zero-order chi connectivity index (χ0) is 14.9. The summed E-state index contributed by atoms with van der Waals surface area (Å²) < 4.78 is 10.9. The summed E-state index contributed by atoms with van der Waals surface area (Å²) in [6.45, 7) is 5.02. The largest absolute Gasteiger partial charge is 0.461 e. The highest BCUT2D eigenvalue weighted by molar-refractivity contribution is 5.87. The third-order valence-electron chi connectivity index (χ3n) is 4.42. The highest BCUT2D eigenvalue weighted by Gasteiger charge is 2.47. The molecule has 5 nitrogen and oxygen atoms in total. The molecule has 0 aliphatic carbocycles. The molecule has 0 radical (unpaired) electrons. The van der Waals surface area contributed by atoms with Gasteiger partial charge in [0.15, 0.2) is 0 Å². The molecule has 2 fully saturated rings. The van der Waals surface area contributed by atoms with Crippen LogP contribution >= 0.6 is 0 Å². The van der Waals surface area contributed by atoms with Crippen molar-refractivity contribution in [3.05, 3.63) is 11.6 Å². The SMILES string of the molecule is C/C=C(\C)C(=O)O[C@H]1C[C@@H]2C[C@@H](OC(C)=O)[C@H](C1)N2C. The van der Waals surface area contributed by atoms with E-state index in [1.54, 1.807) is 13.0 Å². The van der Waals surface area contributed by atoms with Gasteiger partial charge in [-0.05, 0) is 20.9 Å². The van der Waals surface area contributed by atoms with Crippen LogP contribution < -0.4 is 0 Å². The van der Waals surface area contributed by atoms with Crippen LogP contribution in [0.2, 0.25) is 0 Å². The number of carbonyl (C=O) groups excluding carboxylic acids is 2. The summed E-state index contributed by atoms with van der Waals surface area (Å²) in [4.78, 5) is 25.2. The van der Waals surface area contributed by atoms with E-state index in [9.17, 15) is 9.59 Å². The quantitative estimate of drug-likeness (QED) is 0.582. The number of esters is 2. The average Bonchev–Trinajstić information content (AvgIpc) is 2.58. The second-order valence-electron chi connectivity index (χ2n) is 5.74. The van der Waals surface area contributed by atoms with Gasteiger partial charge in [-0.15, -0.1) is 0 Å². The summed E-state index contributed by atoms with van der Waals surface area (Å²) >= 11 is 0. The van der Waals surface area contributed by atoms with Gasteiger partial charge in [0, 0.05) is 37.8 Å². The first-order valence-corrected chi connectivity index (χ1v) is 7.15. The van der Waals surface area contributed by atoms with Crippen molar-refractivity contribution in [2.45, 2.75) is 64.3 Å². The Hall–Kier alpha value is -1.36. The summed E-state index contributed by atoms with van der Waals surface area (Å²) in [6, 6.07) is 0.475. The van der Waals surface area contributed by atoms with Gasteiger partial charge in [-0.3, -0.25) is 9.69 Å². The number of rotatable bonds is 3. The summed E-state index contributed by atoms with van der Waals surface area (Å²) in [7, 11) is 2.05. The van der Waals surface area contributed by atoms with Gasteiger partial charge in [-0.2, -0.15) is 0 Å². The van der Waals surface area contributed by atoms with Crippen LogP contribution in [0.3, 0.4) is 0 Å². The zero-order valence-corrected chi connectivity index (χ0v) is 12.6. The van der Waals surface area contributed by atoms with Crippen LogP contribution in [0.4, 0.5) is 0 Å². The summed E-state index contributed by atoms with van der Waals surface area (Å²) in [5.41, 5.74) is 0.632. The number of carbonyl (C=O) groups is 2. The molecule has 0 saturated carbocycles. The number of hydrogen-bond donors (Lipinski definition) is 0. The first-order chi connectivity index (χ1) is 9.42. The Kier molecular flexibility index (Phi) is 4.48. The van der Waals surface area contributed by atoms with Gasteiger partial charge < -0.3 is 9.47 Å². The van der Waals surface area contributed by atoms with Crippen molar-refractivity contribution in [3.8, 4) is 0 Å². The molecule has 0 amide bonds. The molecule has 20 heavy (non-hydrogen) atoms. The normalized spacial score (nSPS) is 33.9. The fourth-order valence-corrected chi connectivity index (χ4v) is 3.17. The molecule has 2 saturated heterocycles. The van der Waals surface area contributed by atoms with Crippen molar-refractivity contribution in [1.82, 2.24) is 4.90 Å². The Morgan fingerprint density at radius 2 is 1.85 bits per heavy atom. The lowest BCUT2D eigenvalue weighted by Crippen LogP contribution is -2.46. The standard InChI is InChI=1S/C15H23NO4/c1-5-9(2)15(18)20-12-6-11-7-14(19-10(3)17)13(8-12)16(11)4/h5,11-14H,6-8H2,1-4H3/b9-5+/t11-,12+,13+,14-/m1/s1. The molecule has 0 aromatic heterocycles. The highest BCUT2D eigenvalue weighted by atomic mass is 16.6. The number of fused-ring (bicyclic) bond motifs is 2. The lowest BCUT2D eigenvalue weighted by Gasteiger charge is -2.36. The predicted octanol–water partition coefficient (Wildman–Crippen LogP) is 1.66. The molecule has 2 heterocycles. The average molecular weight is 281 g/mol. The maximum Gasteiger partial charge on any atom is 0.333 e. The first-order valence-electron chi connectivity index (χ1n) is 7.15. The van der Waals surface area contributed by atoms with Gasteiger partial charge in [0.25, 0.3) is 0 Å². The Balaban J connectivity index is 1.99. The zero-order valence-electron chi connectivity index (χ0n) is 12.6. The van der Waals surface area contributed by atoms with Gasteiger partial charge in [-0.1, -0.05) is 6.08 Å². The monoisotopic (exact) mass is 281 g/mol. The Morgan fingerprint density at radius 3 is 2.45 bits per heavy atom. The maximum atomic E-state index is 11.8. The molecule has 2 aliphatic rings. The van der Waals surface area contributed by atoms with E-state index in [0.29, 0.717) is 11.6 Å². The lowest BCUT2D eigenvalue weighted by molar-refractivity contribution is -0.152. The molecule has 0 N–H and O–H groups in total. The van der Waals surface area contributed by atoms with Crippen LogP contribution in [0.5, 0.6) is 0 Å². The van der Waals surface area contributed by atoms with E-state index in [4.69, 9.17) is 9.47 Å². The molecular weight excluding hydrogens is 258 g/mol. The molecule has 2 rings (SSSR count).